The number of urea groups is 1. The van der Waals surface area contributed by atoms with Gasteiger partial charge in [0.1, 0.15) is 0 Å². The molecule has 0 bridgehead atoms. The highest BCUT2D eigenvalue weighted by Crippen LogP contribution is 2.15. The van der Waals surface area contributed by atoms with Gasteiger partial charge in [0.2, 0.25) is 0 Å². The maximum atomic E-state index is 12.3. The van der Waals surface area contributed by atoms with E-state index in [0.717, 1.165) is 36.3 Å². The average Bonchev–Trinajstić information content (AvgIpc) is 2.55. The second-order valence-corrected chi connectivity index (χ2v) is 7.47. The van der Waals surface area contributed by atoms with E-state index in [2.05, 4.69) is 40.0 Å². The van der Waals surface area contributed by atoms with Gasteiger partial charge in [-0.1, -0.05) is 28.1 Å². The molecular weight excluding hydrogens is 358 g/mol. The van der Waals surface area contributed by atoms with E-state index in [1.54, 1.807) is 4.90 Å². The average molecular weight is 384 g/mol. The van der Waals surface area contributed by atoms with Crippen LogP contribution in [0.2, 0.25) is 0 Å². The molecule has 1 aromatic carbocycles. The zero-order chi connectivity index (χ0) is 16.9. The van der Waals surface area contributed by atoms with Crippen molar-refractivity contribution in [1.29, 1.82) is 0 Å². The zero-order valence-corrected chi connectivity index (χ0v) is 15.7. The molecular formula is C17H26BrN3O2. The van der Waals surface area contributed by atoms with E-state index >= 15 is 0 Å². The quantitative estimate of drug-likeness (QED) is 0.849. The van der Waals surface area contributed by atoms with Gasteiger partial charge in [0.25, 0.3) is 0 Å². The van der Waals surface area contributed by atoms with Gasteiger partial charge < -0.3 is 15.0 Å². The molecule has 1 heterocycles. The molecule has 0 spiro atoms. The minimum Gasteiger partial charge on any atom is -0.379 e. The second kappa shape index (κ2) is 8.13. The van der Waals surface area contributed by atoms with Crippen LogP contribution in [0.3, 0.4) is 0 Å². The molecule has 2 rings (SSSR count). The standard InChI is InChI=1S/C17H26BrN3O2/c1-17(2,21-8-10-23-11-9-21)13-19-16(22)20(3)12-14-4-6-15(18)7-5-14/h4-7H,8-13H2,1-3H3,(H,19,22). The number of rotatable bonds is 5. The van der Waals surface area contributed by atoms with Gasteiger partial charge >= 0.3 is 6.03 Å². The van der Waals surface area contributed by atoms with Crippen LogP contribution in [0.4, 0.5) is 4.79 Å². The Morgan fingerprint density at radius 3 is 2.52 bits per heavy atom. The van der Waals surface area contributed by atoms with E-state index in [1.165, 1.54) is 0 Å². The third-order valence-corrected chi connectivity index (χ3v) is 4.75. The second-order valence-electron chi connectivity index (χ2n) is 6.55. The van der Waals surface area contributed by atoms with Crippen LogP contribution in [0.1, 0.15) is 19.4 Å². The lowest BCUT2D eigenvalue weighted by atomic mass is 10.0. The number of nitrogens with one attached hydrogen (secondary N) is 1. The Morgan fingerprint density at radius 2 is 1.91 bits per heavy atom. The van der Waals surface area contributed by atoms with Crippen LogP contribution in [-0.4, -0.2) is 61.3 Å². The third-order valence-electron chi connectivity index (χ3n) is 4.22. The third kappa shape index (κ3) is 5.48. The monoisotopic (exact) mass is 383 g/mol. The fourth-order valence-electron chi connectivity index (χ4n) is 2.64. The van der Waals surface area contributed by atoms with Gasteiger partial charge in [-0.05, 0) is 31.5 Å². The van der Waals surface area contributed by atoms with E-state index in [4.69, 9.17) is 4.74 Å². The Balaban J connectivity index is 1.82. The number of hydrogen-bond donors (Lipinski definition) is 1. The summed E-state index contributed by atoms with van der Waals surface area (Å²) >= 11 is 3.42. The van der Waals surface area contributed by atoms with Crippen molar-refractivity contribution >= 4 is 22.0 Å². The predicted octanol–water partition coefficient (Wildman–Crippen LogP) is 2.70. The lowest BCUT2D eigenvalue weighted by Gasteiger charge is -2.41. The van der Waals surface area contributed by atoms with Gasteiger partial charge in [-0.15, -0.1) is 0 Å². The van der Waals surface area contributed by atoms with E-state index in [1.807, 2.05) is 31.3 Å². The van der Waals surface area contributed by atoms with Gasteiger partial charge in [0, 0.05) is 43.2 Å². The van der Waals surface area contributed by atoms with Gasteiger partial charge in [-0.25, -0.2) is 4.79 Å². The number of benzene rings is 1. The molecule has 2 amide bonds. The van der Waals surface area contributed by atoms with Crippen molar-refractivity contribution in [2.75, 3.05) is 39.9 Å². The number of hydrogen-bond acceptors (Lipinski definition) is 3. The van der Waals surface area contributed by atoms with Crippen LogP contribution in [0.5, 0.6) is 0 Å². The van der Waals surface area contributed by atoms with Crippen LogP contribution in [0, 0.1) is 0 Å². The molecule has 1 N–H and O–H groups in total. The molecule has 23 heavy (non-hydrogen) atoms. The summed E-state index contributed by atoms with van der Waals surface area (Å²) in [6, 6.07) is 7.97. The summed E-state index contributed by atoms with van der Waals surface area (Å²) in [6.45, 7) is 8.89. The summed E-state index contributed by atoms with van der Waals surface area (Å²) in [5.74, 6) is 0. The van der Waals surface area contributed by atoms with Crippen molar-refractivity contribution < 1.29 is 9.53 Å². The molecule has 0 radical (unpaired) electrons. The van der Waals surface area contributed by atoms with Crippen LogP contribution in [0.25, 0.3) is 0 Å². The first kappa shape index (κ1) is 18.2. The fraction of sp³-hybridized carbons (Fsp3) is 0.588. The number of ether oxygens (including phenoxy) is 1. The lowest BCUT2D eigenvalue weighted by Crippen LogP contribution is -2.56. The number of nitrogens with zero attached hydrogens (tertiary/aromatic N) is 2. The Labute approximate surface area is 147 Å². The fourth-order valence-corrected chi connectivity index (χ4v) is 2.91. The van der Waals surface area contributed by atoms with Crippen LogP contribution in [0.15, 0.2) is 28.7 Å². The molecule has 1 aliphatic heterocycles. The normalized spacial score (nSPS) is 16.2. The van der Waals surface area contributed by atoms with Crippen molar-refractivity contribution in [2.24, 2.45) is 0 Å². The summed E-state index contributed by atoms with van der Waals surface area (Å²) in [6.07, 6.45) is 0. The smallest absolute Gasteiger partial charge is 0.317 e. The van der Waals surface area contributed by atoms with Crippen molar-refractivity contribution in [3.63, 3.8) is 0 Å². The summed E-state index contributed by atoms with van der Waals surface area (Å²) in [4.78, 5) is 16.4. The number of carbonyl (C=O) groups is 1. The number of morpholine rings is 1. The molecule has 0 unspecified atom stereocenters. The maximum Gasteiger partial charge on any atom is 0.317 e. The minimum absolute atomic E-state index is 0.0470. The first-order chi connectivity index (χ1) is 10.9. The Morgan fingerprint density at radius 1 is 1.30 bits per heavy atom. The summed E-state index contributed by atoms with van der Waals surface area (Å²) in [7, 11) is 1.82. The molecule has 128 valence electrons. The molecule has 0 aliphatic carbocycles. The first-order valence-electron chi connectivity index (χ1n) is 7.95. The van der Waals surface area contributed by atoms with Gasteiger partial charge in [0.15, 0.2) is 0 Å². The molecule has 1 aliphatic rings. The molecule has 6 heteroatoms. The van der Waals surface area contributed by atoms with Gasteiger partial charge in [0.05, 0.1) is 13.2 Å². The highest BCUT2D eigenvalue weighted by atomic mass is 79.9. The molecule has 1 saturated heterocycles. The van der Waals surface area contributed by atoms with Crippen molar-refractivity contribution in [3.8, 4) is 0 Å². The summed E-state index contributed by atoms with van der Waals surface area (Å²) in [5, 5.41) is 3.05. The zero-order valence-electron chi connectivity index (χ0n) is 14.1. The molecule has 1 aromatic rings. The van der Waals surface area contributed by atoms with E-state index in [0.29, 0.717) is 13.1 Å². The Bertz CT molecular complexity index is 513. The topological polar surface area (TPSA) is 44.8 Å². The van der Waals surface area contributed by atoms with Crippen molar-refractivity contribution in [1.82, 2.24) is 15.1 Å². The van der Waals surface area contributed by atoms with Crippen LogP contribution >= 0.6 is 15.9 Å². The summed E-state index contributed by atoms with van der Waals surface area (Å²) < 4.78 is 6.44. The van der Waals surface area contributed by atoms with Crippen LogP contribution < -0.4 is 5.32 Å². The Kier molecular flexibility index (Phi) is 6.44. The van der Waals surface area contributed by atoms with Crippen molar-refractivity contribution in [2.45, 2.75) is 25.9 Å². The van der Waals surface area contributed by atoms with Crippen LogP contribution in [-0.2, 0) is 11.3 Å². The number of carbonyl (C=O) groups excluding carboxylic acids is 1. The van der Waals surface area contributed by atoms with Crippen molar-refractivity contribution in [3.05, 3.63) is 34.3 Å². The highest BCUT2D eigenvalue weighted by molar-refractivity contribution is 9.10. The minimum atomic E-state index is -0.0715. The molecule has 1 fully saturated rings. The number of amides is 2. The molecule has 0 aromatic heterocycles. The maximum absolute atomic E-state index is 12.3. The molecule has 0 saturated carbocycles. The first-order valence-corrected chi connectivity index (χ1v) is 8.74. The molecule has 5 nitrogen and oxygen atoms in total. The van der Waals surface area contributed by atoms with Gasteiger partial charge in [-0.2, -0.15) is 0 Å². The molecule has 0 atom stereocenters. The van der Waals surface area contributed by atoms with E-state index in [9.17, 15) is 4.79 Å². The van der Waals surface area contributed by atoms with E-state index in [-0.39, 0.29) is 11.6 Å². The predicted molar refractivity (Wildman–Crippen MR) is 95.5 cm³/mol. The van der Waals surface area contributed by atoms with Gasteiger partial charge in [-0.3, -0.25) is 4.90 Å². The highest BCUT2D eigenvalue weighted by Gasteiger charge is 2.28. The number of halogens is 1. The SMILES string of the molecule is CN(Cc1ccc(Br)cc1)C(=O)NCC(C)(C)N1CCOCC1. The lowest BCUT2D eigenvalue weighted by molar-refractivity contribution is -0.00900. The Hall–Kier alpha value is -1.11. The largest absolute Gasteiger partial charge is 0.379 e. The van der Waals surface area contributed by atoms with E-state index < -0.39 is 0 Å². The summed E-state index contributed by atoms with van der Waals surface area (Å²) in [5.41, 5.74) is 1.04.